The summed E-state index contributed by atoms with van der Waals surface area (Å²) in [5, 5.41) is 15.8. The molecule has 1 amide bonds. The number of carbonyl (C=O) groups is 1. The van der Waals surface area contributed by atoms with E-state index in [0.29, 0.717) is 19.4 Å². The molecule has 26 heavy (non-hydrogen) atoms. The molecule has 0 radical (unpaired) electrons. The molecule has 0 bridgehead atoms. The molecular formula is C16H26N6O3S. The summed E-state index contributed by atoms with van der Waals surface area (Å²) < 4.78 is 24.4. The van der Waals surface area contributed by atoms with Crippen molar-refractivity contribution in [1.29, 1.82) is 0 Å². The summed E-state index contributed by atoms with van der Waals surface area (Å²) in [5.74, 6) is 1.40. The fourth-order valence-electron chi connectivity index (χ4n) is 3.26. The molecule has 1 saturated heterocycles. The first-order chi connectivity index (χ1) is 12.4. The van der Waals surface area contributed by atoms with E-state index in [0.717, 1.165) is 36.8 Å². The van der Waals surface area contributed by atoms with Gasteiger partial charge in [0.15, 0.2) is 15.7 Å². The molecule has 0 spiro atoms. The second-order valence-corrected chi connectivity index (χ2v) is 9.14. The first-order valence-electron chi connectivity index (χ1n) is 9.09. The fourth-order valence-corrected chi connectivity index (χ4v) is 4.50. The summed E-state index contributed by atoms with van der Waals surface area (Å²) in [6.07, 6.45) is 4.83. The predicted molar refractivity (Wildman–Crippen MR) is 95.6 cm³/mol. The van der Waals surface area contributed by atoms with Crippen LogP contribution in [0.4, 0.5) is 0 Å². The summed E-state index contributed by atoms with van der Waals surface area (Å²) >= 11 is 0. The Labute approximate surface area is 153 Å². The zero-order chi connectivity index (χ0) is 18.6. The minimum Gasteiger partial charge on any atom is -0.349 e. The lowest BCUT2D eigenvalue weighted by molar-refractivity contribution is -0.121. The largest absolute Gasteiger partial charge is 0.349 e. The van der Waals surface area contributed by atoms with Gasteiger partial charge in [0.1, 0.15) is 0 Å². The second kappa shape index (κ2) is 8.26. The fraction of sp³-hybridized carbons (Fsp3) is 0.750. The normalized spacial score (nSPS) is 23.3. The monoisotopic (exact) mass is 382 g/mol. The van der Waals surface area contributed by atoms with E-state index in [4.69, 9.17) is 0 Å². The Morgan fingerprint density at radius 1 is 1.35 bits per heavy atom. The average molecular weight is 382 g/mol. The number of rotatable bonds is 7. The van der Waals surface area contributed by atoms with Crippen molar-refractivity contribution in [2.45, 2.75) is 51.7 Å². The number of tetrazole rings is 1. The molecular weight excluding hydrogens is 356 g/mol. The third-order valence-corrected chi connectivity index (χ3v) is 6.29. The SMILES string of the molecule is CC1CCN(Cc2nnnn2CCCC(=O)N[C@@H]2C=CS(=O)(=O)C2)CC1. The van der Waals surface area contributed by atoms with Crippen LogP contribution in [0.15, 0.2) is 11.5 Å². The Morgan fingerprint density at radius 2 is 2.12 bits per heavy atom. The summed E-state index contributed by atoms with van der Waals surface area (Å²) in [5.41, 5.74) is 0. The van der Waals surface area contributed by atoms with Crippen LogP contribution in [0.5, 0.6) is 0 Å². The standard InChI is InChI=1S/C16H26N6O3S/c1-13-4-8-21(9-5-13)11-15-18-19-20-22(15)7-2-3-16(23)17-14-6-10-26(24,25)12-14/h6,10,13-14H,2-5,7-9,11-12H2,1H3,(H,17,23)/t14-/m1/s1. The van der Waals surface area contributed by atoms with Crippen molar-refractivity contribution in [1.82, 2.24) is 30.4 Å². The lowest BCUT2D eigenvalue weighted by atomic mass is 9.99. The lowest BCUT2D eigenvalue weighted by Gasteiger charge is -2.29. The molecule has 3 heterocycles. The third kappa shape index (κ3) is 5.34. The van der Waals surface area contributed by atoms with Crippen LogP contribution in [0.3, 0.4) is 0 Å². The molecule has 1 fully saturated rings. The van der Waals surface area contributed by atoms with E-state index in [1.54, 1.807) is 4.68 Å². The molecule has 10 heteroatoms. The maximum atomic E-state index is 12.0. The van der Waals surface area contributed by atoms with Crippen molar-refractivity contribution in [2.75, 3.05) is 18.8 Å². The Kier molecular flexibility index (Phi) is 6.02. The minimum absolute atomic E-state index is 0.0513. The van der Waals surface area contributed by atoms with Crippen LogP contribution in [0.25, 0.3) is 0 Å². The Balaban J connectivity index is 1.41. The van der Waals surface area contributed by atoms with Crippen LogP contribution in [-0.4, -0.2) is 64.3 Å². The van der Waals surface area contributed by atoms with Crippen molar-refractivity contribution < 1.29 is 13.2 Å². The molecule has 0 saturated carbocycles. The summed E-state index contributed by atoms with van der Waals surface area (Å²) in [6.45, 7) is 5.71. The summed E-state index contributed by atoms with van der Waals surface area (Å²) in [7, 11) is -3.15. The third-order valence-electron chi connectivity index (χ3n) is 4.90. The molecule has 9 nitrogen and oxygen atoms in total. The van der Waals surface area contributed by atoms with Gasteiger partial charge in [0.05, 0.1) is 18.3 Å². The minimum atomic E-state index is -3.15. The van der Waals surface area contributed by atoms with Crippen molar-refractivity contribution >= 4 is 15.7 Å². The number of nitrogens with one attached hydrogen (secondary N) is 1. The van der Waals surface area contributed by atoms with E-state index < -0.39 is 15.9 Å². The van der Waals surface area contributed by atoms with Crippen LogP contribution in [-0.2, 0) is 27.7 Å². The topological polar surface area (TPSA) is 110 Å². The van der Waals surface area contributed by atoms with Gasteiger partial charge in [-0.25, -0.2) is 13.1 Å². The number of aryl methyl sites for hydroxylation is 1. The Morgan fingerprint density at radius 3 is 2.81 bits per heavy atom. The number of hydrogen-bond acceptors (Lipinski definition) is 7. The van der Waals surface area contributed by atoms with Crippen LogP contribution in [0, 0.1) is 5.92 Å². The Hall–Kier alpha value is -1.81. The smallest absolute Gasteiger partial charge is 0.220 e. The number of carbonyl (C=O) groups excluding carboxylic acids is 1. The van der Waals surface area contributed by atoms with Gasteiger partial charge in [0.25, 0.3) is 0 Å². The first-order valence-corrected chi connectivity index (χ1v) is 10.8. The highest BCUT2D eigenvalue weighted by atomic mass is 32.2. The van der Waals surface area contributed by atoms with E-state index in [2.05, 4.69) is 32.7 Å². The van der Waals surface area contributed by atoms with E-state index in [-0.39, 0.29) is 11.7 Å². The number of hydrogen-bond donors (Lipinski definition) is 1. The maximum Gasteiger partial charge on any atom is 0.220 e. The lowest BCUT2D eigenvalue weighted by Crippen LogP contribution is -2.35. The first kappa shape index (κ1) is 19.0. The average Bonchev–Trinajstić information content (AvgIpc) is 3.16. The van der Waals surface area contributed by atoms with Gasteiger partial charge in [-0.3, -0.25) is 9.69 Å². The van der Waals surface area contributed by atoms with Crippen LogP contribution in [0.1, 0.15) is 38.4 Å². The molecule has 2 aliphatic rings. The molecule has 3 rings (SSSR count). The van der Waals surface area contributed by atoms with Crippen molar-refractivity contribution in [3.8, 4) is 0 Å². The van der Waals surface area contributed by atoms with Gasteiger partial charge < -0.3 is 5.32 Å². The van der Waals surface area contributed by atoms with Crippen LogP contribution in [0.2, 0.25) is 0 Å². The molecule has 1 aromatic rings. The molecule has 2 aliphatic heterocycles. The molecule has 0 aromatic carbocycles. The number of piperidine rings is 1. The molecule has 144 valence electrons. The summed E-state index contributed by atoms with van der Waals surface area (Å²) in [6, 6.07) is -0.419. The van der Waals surface area contributed by atoms with Gasteiger partial charge in [0.2, 0.25) is 5.91 Å². The van der Waals surface area contributed by atoms with Gasteiger partial charge in [-0.15, -0.1) is 5.10 Å². The molecule has 1 N–H and O–H groups in total. The van der Waals surface area contributed by atoms with E-state index in [1.165, 1.54) is 18.9 Å². The van der Waals surface area contributed by atoms with Crippen LogP contribution >= 0.6 is 0 Å². The van der Waals surface area contributed by atoms with Gasteiger partial charge in [-0.1, -0.05) is 6.92 Å². The highest BCUT2D eigenvalue weighted by Gasteiger charge is 2.23. The Bertz CT molecular complexity index is 752. The van der Waals surface area contributed by atoms with Crippen molar-refractivity contribution in [2.24, 2.45) is 5.92 Å². The van der Waals surface area contributed by atoms with Gasteiger partial charge in [0, 0.05) is 18.4 Å². The van der Waals surface area contributed by atoms with E-state index in [1.807, 2.05) is 0 Å². The van der Waals surface area contributed by atoms with Crippen LogP contribution < -0.4 is 5.32 Å². The second-order valence-electron chi connectivity index (χ2n) is 7.21. The zero-order valence-electron chi connectivity index (χ0n) is 15.0. The van der Waals surface area contributed by atoms with E-state index in [9.17, 15) is 13.2 Å². The summed E-state index contributed by atoms with van der Waals surface area (Å²) in [4.78, 5) is 14.3. The number of amides is 1. The molecule has 1 aromatic heterocycles. The molecule has 0 aliphatic carbocycles. The highest BCUT2D eigenvalue weighted by molar-refractivity contribution is 7.94. The van der Waals surface area contributed by atoms with E-state index >= 15 is 0 Å². The number of sulfone groups is 1. The highest BCUT2D eigenvalue weighted by Crippen LogP contribution is 2.17. The zero-order valence-corrected chi connectivity index (χ0v) is 15.9. The number of nitrogens with zero attached hydrogens (tertiary/aromatic N) is 5. The van der Waals surface area contributed by atoms with Crippen molar-refractivity contribution in [3.05, 3.63) is 17.3 Å². The van der Waals surface area contributed by atoms with Gasteiger partial charge in [-0.2, -0.15) is 0 Å². The number of aromatic nitrogens is 4. The molecule has 0 unspecified atom stereocenters. The van der Waals surface area contributed by atoms with Gasteiger partial charge in [-0.05, 0) is 54.8 Å². The maximum absolute atomic E-state index is 12.0. The number of likely N-dealkylation sites (tertiary alicyclic amines) is 1. The quantitative estimate of drug-likeness (QED) is 0.713. The predicted octanol–water partition coefficient (Wildman–Crippen LogP) is 0.112. The van der Waals surface area contributed by atoms with Crippen molar-refractivity contribution in [3.63, 3.8) is 0 Å². The molecule has 1 atom stereocenters. The van der Waals surface area contributed by atoms with Gasteiger partial charge >= 0.3 is 0 Å².